The fourth-order valence-electron chi connectivity index (χ4n) is 3.17. The van der Waals surface area contributed by atoms with E-state index in [4.69, 9.17) is 4.74 Å². The molecule has 0 aromatic rings. The van der Waals surface area contributed by atoms with Gasteiger partial charge in [0.05, 0.1) is 12.2 Å². The molecular formula is C9H10F3NO4S. The lowest BCUT2D eigenvalue weighted by Gasteiger charge is -2.19. The van der Waals surface area contributed by atoms with Crippen LogP contribution in [0.3, 0.4) is 0 Å². The second-order valence-electron chi connectivity index (χ2n) is 4.98. The maximum atomic E-state index is 12.1. The van der Waals surface area contributed by atoms with Crippen molar-refractivity contribution in [1.29, 1.82) is 0 Å². The summed E-state index contributed by atoms with van der Waals surface area (Å²) >= 11 is 0. The number of fused-ring (bicyclic) bond motifs is 5. The molecule has 5 atom stereocenters. The second kappa shape index (κ2) is 3.38. The lowest BCUT2D eigenvalue weighted by molar-refractivity contribution is -0.125. The maximum Gasteiger partial charge on any atom is 0.516 e. The molecule has 0 radical (unpaired) electrons. The second-order valence-corrected chi connectivity index (χ2v) is 6.66. The third kappa shape index (κ3) is 1.63. The van der Waals surface area contributed by atoms with E-state index < -0.39 is 27.4 Å². The highest BCUT2D eigenvalue weighted by Crippen LogP contribution is 2.58. The van der Waals surface area contributed by atoms with Crippen molar-refractivity contribution < 1.29 is 31.1 Å². The average molecular weight is 285 g/mol. The highest BCUT2D eigenvalue weighted by atomic mass is 32.2. The first kappa shape index (κ1) is 12.2. The molecule has 2 bridgehead atoms. The summed E-state index contributed by atoms with van der Waals surface area (Å²) < 4.78 is 64.4. The highest BCUT2D eigenvalue weighted by molar-refractivity contribution is 7.90. The Balaban J connectivity index is 1.70. The first-order valence-corrected chi connectivity index (χ1v) is 6.97. The van der Waals surface area contributed by atoms with E-state index in [0.717, 1.165) is 11.1 Å². The summed E-state index contributed by atoms with van der Waals surface area (Å²) in [5.41, 5.74) is -5.46. The molecule has 5 unspecified atom stereocenters. The van der Waals surface area contributed by atoms with Gasteiger partial charge in [0.25, 0.3) is 0 Å². The zero-order valence-electron chi connectivity index (χ0n) is 8.98. The molecule has 1 amide bonds. The molecule has 3 fully saturated rings. The van der Waals surface area contributed by atoms with Crippen LogP contribution in [0.4, 0.5) is 13.2 Å². The first-order valence-electron chi connectivity index (χ1n) is 5.49. The molecule has 0 aromatic heterocycles. The van der Waals surface area contributed by atoms with Gasteiger partial charge in [-0.3, -0.25) is 4.79 Å². The predicted octanol–water partition coefficient (Wildman–Crippen LogP) is 0.376. The molecule has 5 nitrogen and oxygen atoms in total. The molecule has 2 saturated carbocycles. The monoisotopic (exact) mass is 285 g/mol. The van der Waals surface area contributed by atoms with Gasteiger partial charge in [-0.1, -0.05) is 0 Å². The Morgan fingerprint density at radius 1 is 1.22 bits per heavy atom. The van der Waals surface area contributed by atoms with Crippen LogP contribution in [0.25, 0.3) is 0 Å². The molecule has 0 aromatic carbocycles. The van der Waals surface area contributed by atoms with E-state index in [0.29, 0.717) is 6.42 Å². The van der Waals surface area contributed by atoms with Crippen LogP contribution >= 0.6 is 0 Å². The van der Waals surface area contributed by atoms with Crippen LogP contribution < -0.4 is 4.72 Å². The van der Waals surface area contributed by atoms with Crippen molar-refractivity contribution in [2.45, 2.75) is 30.6 Å². The topological polar surface area (TPSA) is 75.8 Å². The minimum atomic E-state index is -5.60. The molecule has 3 aliphatic rings. The lowest BCUT2D eigenvalue weighted by atomic mass is 9.88. The van der Waals surface area contributed by atoms with Crippen LogP contribution in [0.5, 0.6) is 0 Å². The number of carbonyl (C=O) groups excluding carboxylic acids is 1. The largest absolute Gasteiger partial charge is 0.516 e. The standard InChI is InChI=1S/C9H10F3NO4S/c10-9(11,12)18(15,16)13-8(14)5-2-3-1-4(5)7-6(3)17-7/h3-7H,1-2H2,(H,13,14). The maximum absolute atomic E-state index is 12.1. The molecule has 0 spiro atoms. The predicted molar refractivity (Wildman–Crippen MR) is 51.5 cm³/mol. The minimum Gasteiger partial charge on any atom is -0.369 e. The number of ether oxygens (including phenoxy) is 1. The third-order valence-electron chi connectivity index (χ3n) is 3.97. The van der Waals surface area contributed by atoms with Crippen LogP contribution in [0.2, 0.25) is 0 Å². The first-order chi connectivity index (χ1) is 8.21. The molecule has 9 heteroatoms. The van der Waals surface area contributed by atoms with E-state index >= 15 is 0 Å². The Labute approximate surface area is 101 Å². The number of sulfonamides is 1. The number of rotatable bonds is 2. The van der Waals surface area contributed by atoms with Crippen molar-refractivity contribution in [1.82, 2.24) is 4.72 Å². The van der Waals surface area contributed by atoms with Gasteiger partial charge in [0, 0.05) is 5.92 Å². The molecular weight excluding hydrogens is 275 g/mol. The number of epoxide rings is 1. The zero-order valence-corrected chi connectivity index (χ0v) is 9.79. The van der Waals surface area contributed by atoms with E-state index in [1.165, 1.54) is 0 Å². The summed E-state index contributed by atoms with van der Waals surface area (Å²) in [4.78, 5) is 11.6. The number of hydrogen-bond donors (Lipinski definition) is 1. The summed E-state index contributed by atoms with van der Waals surface area (Å²) in [6.45, 7) is 0. The number of halogens is 3. The number of nitrogens with one attached hydrogen (secondary N) is 1. The van der Waals surface area contributed by atoms with Gasteiger partial charge in [-0.15, -0.1) is 0 Å². The SMILES string of the molecule is O=C(NS(=O)(=O)C(F)(F)F)C1CC2CC1C1OC21. The molecule has 3 rings (SSSR count). The smallest absolute Gasteiger partial charge is 0.369 e. The van der Waals surface area contributed by atoms with Gasteiger partial charge in [-0.25, -0.2) is 4.72 Å². The fraction of sp³-hybridized carbons (Fsp3) is 0.889. The van der Waals surface area contributed by atoms with Gasteiger partial charge in [-0.05, 0) is 24.7 Å². The summed E-state index contributed by atoms with van der Waals surface area (Å²) in [5, 5.41) is 0. The Morgan fingerprint density at radius 2 is 1.89 bits per heavy atom. The van der Waals surface area contributed by atoms with E-state index in [-0.39, 0.29) is 24.0 Å². The number of carbonyl (C=O) groups is 1. The van der Waals surface area contributed by atoms with Gasteiger partial charge >= 0.3 is 15.5 Å². The molecule has 2 aliphatic carbocycles. The summed E-state index contributed by atoms with van der Waals surface area (Å²) in [6.07, 6.45) is 1.22. The van der Waals surface area contributed by atoms with E-state index in [1.54, 1.807) is 0 Å². The number of amides is 1. The summed E-state index contributed by atoms with van der Waals surface area (Å²) in [5.74, 6) is -1.70. The van der Waals surface area contributed by atoms with Gasteiger partial charge in [0.15, 0.2) is 0 Å². The van der Waals surface area contributed by atoms with Gasteiger partial charge in [-0.2, -0.15) is 21.6 Å². The molecule has 102 valence electrons. The Morgan fingerprint density at radius 3 is 2.39 bits per heavy atom. The van der Waals surface area contributed by atoms with Crippen molar-refractivity contribution in [3.8, 4) is 0 Å². The molecule has 1 N–H and O–H groups in total. The van der Waals surface area contributed by atoms with Gasteiger partial charge in [0.2, 0.25) is 5.91 Å². The Kier molecular flexibility index (Phi) is 2.30. The molecule has 1 heterocycles. The quantitative estimate of drug-likeness (QED) is 0.744. The van der Waals surface area contributed by atoms with Gasteiger partial charge < -0.3 is 4.74 Å². The van der Waals surface area contributed by atoms with Crippen molar-refractivity contribution in [3.63, 3.8) is 0 Å². The van der Waals surface area contributed by atoms with Gasteiger partial charge in [0.1, 0.15) is 0 Å². The fourth-order valence-corrected chi connectivity index (χ4v) is 3.70. The van der Waals surface area contributed by atoms with E-state index in [1.807, 2.05) is 0 Å². The molecule has 18 heavy (non-hydrogen) atoms. The minimum absolute atomic E-state index is 0.0620. The van der Waals surface area contributed by atoms with Crippen LogP contribution in [0.15, 0.2) is 0 Å². The van der Waals surface area contributed by atoms with Crippen molar-refractivity contribution in [2.75, 3.05) is 0 Å². The number of hydrogen-bond acceptors (Lipinski definition) is 4. The van der Waals surface area contributed by atoms with Crippen LogP contribution in [0, 0.1) is 17.8 Å². The van der Waals surface area contributed by atoms with Crippen LogP contribution in [0.1, 0.15) is 12.8 Å². The third-order valence-corrected chi connectivity index (χ3v) is 5.05. The Bertz CT molecular complexity index is 502. The van der Waals surface area contributed by atoms with E-state index in [2.05, 4.69) is 0 Å². The van der Waals surface area contributed by atoms with Crippen molar-refractivity contribution in [3.05, 3.63) is 0 Å². The molecule has 1 aliphatic heterocycles. The zero-order chi connectivity index (χ0) is 13.3. The Hall–Kier alpha value is -0.830. The summed E-state index contributed by atoms with van der Waals surface area (Å²) in [6, 6.07) is 0. The lowest BCUT2D eigenvalue weighted by Crippen LogP contribution is -2.44. The van der Waals surface area contributed by atoms with Crippen LogP contribution in [-0.4, -0.2) is 32.0 Å². The van der Waals surface area contributed by atoms with E-state index in [9.17, 15) is 26.4 Å². The highest BCUT2D eigenvalue weighted by Gasteiger charge is 2.65. The normalized spacial score (nSPS) is 41.6. The van der Waals surface area contributed by atoms with Crippen molar-refractivity contribution in [2.24, 2.45) is 17.8 Å². The molecule has 1 saturated heterocycles. The average Bonchev–Trinajstić information content (AvgIpc) is 2.81. The van der Waals surface area contributed by atoms with Crippen LogP contribution in [-0.2, 0) is 19.6 Å². The summed E-state index contributed by atoms with van der Waals surface area (Å²) in [7, 11) is -5.60. The number of alkyl halides is 3. The van der Waals surface area contributed by atoms with Crippen molar-refractivity contribution >= 4 is 15.9 Å².